The SMILES string of the molecule is CC(=O)N1C[C@@H](C#N)[C@H](c2ccccc2)C1. The van der Waals surface area contributed by atoms with Gasteiger partial charge in [0.15, 0.2) is 0 Å². The van der Waals surface area contributed by atoms with Crippen LogP contribution in [0, 0.1) is 17.2 Å². The number of carbonyl (C=O) groups excluding carboxylic acids is 1. The molecule has 3 nitrogen and oxygen atoms in total. The lowest BCUT2D eigenvalue weighted by atomic mass is 9.90. The zero-order chi connectivity index (χ0) is 11.5. The number of benzene rings is 1. The maximum atomic E-state index is 11.3. The Balaban J connectivity index is 2.22. The molecule has 0 N–H and O–H groups in total. The highest BCUT2D eigenvalue weighted by molar-refractivity contribution is 5.73. The van der Waals surface area contributed by atoms with Crippen molar-refractivity contribution in [3.05, 3.63) is 35.9 Å². The third-order valence-corrected chi connectivity index (χ3v) is 3.16. The van der Waals surface area contributed by atoms with E-state index in [1.807, 2.05) is 30.3 Å². The number of rotatable bonds is 1. The van der Waals surface area contributed by atoms with E-state index in [1.165, 1.54) is 0 Å². The smallest absolute Gasteiger partial charge is 0.219 e. The molecule has 1 aromatic rings. The summed E-state index contributed by atoms with van der Waals surface area (Å²) in [4.78, 5) is 13.1. The molecular weight excluding hydrogens is 200 g/mol. The Kier molecular flexibility index (Phi) is 2.91. The van der Waals surface area contributed by atoms with Gasteiger partial charge in [-0.25, -0.2) is 0 Å². The molecule has 0 unspecified atom stereocenters. The molecular formula is C13H14N2O. The van der Waals surface area contributed by atoms with Gasteiger partial charge in [0, 0.05) is 25.9 Å². The molecule has 1 aliphatic heterocycles. The van der Waals surface area contributed by atoms with E-state index in [4.69, 9.17) is 5.26 Å². The molecule has 1 aromatic carbocycles. The average Bonchev–Trinajstić information content (AvgIpc) is 2.74. The summed E-state index contributed by atoms with van der Waals surface area (Å²) >= 11 is 0. The highest BCUT2D eigenvalue weighted by atomic mass is 16.2. The molecule has 1 fully saturated rings. The van der Waals surface area contributed by atoms with E-state index in [9.17, 15) is 4.79 Å². The van der Waals surface area contributed by atoms with Crippen molar-refractivity contribution in [3.8, 4) is 6.07 Å². The third kappa shape index (κ3) is 1.92. The number of carbonyl (C=O) groups is 1. The minimum absolute atomic E-state index is 0.0543. The average molecular weight is 214 g/mol. The highest BCUT2D eigenvalue weighted by Gasteiger charge is 2.34. The summed E-state index contributed by atoms with van der Waals surface area (Å²) in [7, 11) is 0. The molecule has 0 bridgehead atoms. The van der Waals surface area contributed by atoms with Crippen molar-refractivity contribution in [3.63, 3.8) is 0 Å². The molecule has 0 spiro atoms. The van der Waals surface area contributed by atoms with E-state index in [0.717, 1.165) is 5.56 Å². The largest absolute Gasteiger partial charge is 0.341 e. The number of hydrogen-bond acceptors (Lipinski definition) is 2. The number of hydrogen-bond donors (Lipinski definition) is 0. The molecule has 1 saturated heterocycles. The van der Waals surface area contributed by atoms with Crippen LogP contribution >= 0.6 is 0 Å². The van der Waals surface area contributed by atoms with Crippen molar-refractivity contribution in [1.29, 1.82) is 5.26 Å². The lowest BCUT2D eigenvalue weighted by Gasteiger charge is -2.13. The maximum Gasteiger partial charge on any atom is 0.219 e. The zero-order valence-corrected chi connectivity index (χ0v) is 9.26. The first-order valence-electron chi connectivity index (χ1n) is 5.42. The quantitative estimate of drug-likeness (QED) is 0.715. The van der Waals surface area contributed by atoms with E-state index in [1.54, 1.807) is 11.8 Å². The van der Waals surface area contributed by atoms with Gasteiger partial charge in [0.2, 0.25) is 5.91 Å². The third-order valence-electron chi connectivity index (χ3n) is 3.16. The monoisotopic (exact) mass is 214 g/mol. The maximum absolute atomic E-state index is 11.3. The van der Waals surface area contributed by atoms with Crippen LogP contribution < -0.4 is 0 Å². The van der Waals surface area contributed by atoms with E-state index in [2.05, 4.69) is 6.07 Å². The van der Waals surface area contributed by atoms with Crippen LogP contribution in [0.3, 0.4) is 0 Å². The van der Waals surface area contributed by atoms with Crippen LogP contribution in [0.4, 0.5) is 0 Å². The van der Waals surface area contributed by atoms with Gasteiger partial charge in [0.1, 0.15) is 0 Å². The van der Waals surface area contributed by atoms with Gasteiger partial charge < -0.3 is 4.90 Å². The normalized spacial score (nSPS) is 24.1. The molecule has 3 heteroatoms. The Bertz CT molecular complexity index is 421. The van der Waals surface area contributed by atoms with Crippen LogP contribution in [-0.2, 0) is 4.79 Å². The van der Waals surface area contributed by atoms with Crippen molar-refractivity contribution in [2.24, 2.45) is 5.92 Å². The fourth-order valence-electron chi connectivity index (χ4n) is 2.23. The predicted molar refractivity (Wildman–Crippen MR) is 60.5 cm³/mol. The second-order valence-corrected chi connectivity index (χ2v) is 4.18. The molecule has 1 amide bonds. The van der Waals surface area contributed by atoms with E-state index < -0.39 is 0 Å². The first-order chi connectivity index (χ1) is 7.72. The lowest BCUT2D eigenvalue weighted by Crippen LogP contribution is -2.25. The number of amides is 1. The van der Waals surface area contributed by atoms with Gasteiger partial charge >= 0.3 is 0 Å². The molecule has 2 rings (SSSR count). The summed E-state index contributed by atoms with van der Waals surface area (Å²) in [6.07, 6.45) is 0. The highest BCUT2D eigenvalue weighted by Crippen LogP contribution is 2.31. The van der Waals surface area contributed by atoms with Crippen LogP contribution in [-0.4, -0.2) is 23.9 Å². The Morgan fingerprint density at radius 3 is 2.62 bits per heavy atom. The Morgan fingerprint density at radius 2 is 2.06 bits per heavy atom. The number of likely N-dealkylation sites (tertiary alicyclic amines) is 1. The van der Waals surface area contributed by atoms with Crippen molar-refractivity contribution in [2.75, 3.05) is 13.1 Å². The van der Waals surface area contributed by atoms with Crippen molar-refractivity contribution in [1.82, 2.24) is 4.90 Å². The molecule has 0 radical (unpaired) electrons. The summed E-state index contributed by atoms with van der Waals surface area (Å²) in [6, 6.07) is 12.3. The van der Waals surface area contributed by atoms with Gasteiger partial charge in [0.25, 0.3) is 0 Å². The minimum atomic E-state index is -0.0775. The Morgan fingerprint density at radius 1 is 1.38 bits per heavy atom. The van der Waals surface area contributed by atoms with Crippen molar-refractivity contribution in [2.45, 2.75) is 12.8 Å². The van der Waals surface area contributed by atoms with Gasteiger partial charge in [-0.3, -0.25) is 4.79 Å². The van der Waals surface area contributed by atoms with E-state index >= 15 is 0 Å². The standard InChI is InChI=1S/C13H14N2O/c1-10(16)15-8-12(7-14)13(9-15)11-5-3-2-4-6-11/h2-6,12-13H,8-9H2,1H3/t12-,13+/m1/s1. The number of nitriles is 1. The molecule has 16 heavy (non-hydrogen) atoms. The van der Waals surface area contributed by atoms with Crippen LogP contribution in [0.15, 0.2) is 30.3 Å². The Hall–Kier alpha value is -1.82. The summed E-state index contributed by atoms with van der Waals surface area (Å²) in [5.41, 5.74) is 1.15. The molecule has 1 heterocycles. The van der Waals surface area contributed by atoms with Gasteiger partial charge in [0.05, 0.1) is 12.0 Å². The second-order valence-electron chi connectivity index (χ2n) is 4.18. The molecule has 1 aliphatic rings. The molecule has 0 aliphatic carbocycles. The van der Waals surface area contributed by atoms with Crippen LogP contribution in [0.2, 0.25) is 0 Å². The fourth-order valence-corrected chi connectivity index (χ4v) is 2.23. The van der Waals surface area contributed by atoms with Crippen molar-refractivity contribution < 1.29 is 4.79 Å². The van der Waals surface area contributed by atoms with Crippen LogP contribution in [0.25, 0.3) is 0 Å². The number of nitrogens with zero attached hydrogens (tertiary/aromatic N) is 2. The molecule has 0 aromatic heterocycles. The Labute approximate surface area is 95.3 Å². The second kappa shape index (κ2) is 4.36. The first-order valence-corrected chi connectivity index (χ1v) is 5.42. The van der Waals surface area contributed by atoms with Gasteiger partial charge in [-0.1, -0.05) is 30.3 Å². The lowest BCUT2D eigenvalue weighted by molar-refractivity contribution is -0.127. The summed E-state index contributed by atoms with van der Waals surface area (Å²) in [5, 5.41) is 9.11. The van der Waals surface area contributed by atoms with Crippen molar-refractivity contribution >= 4 is 5.91 Å². The summed E-state index contributed by atoms with van der Waals surface area (Å²) in [5.74, 6) is 0.139. The molecule has 82 valence electrons. The fraction of sp³-hybridized carbons (Fsp3) is 0.385. The molecule has 0 saturated carbocycles. The van der Waals surface area contributed by atoms with Gasteiger partial charge in [-0.15, -0.1) is 0 Å². The molecule has 2 atom stereocenters. The van der Waals surface area contributed by atoms with Crippen LogP contribution in [0.1, 0.15) is 18.4 Å². The predicted octanol–water partition coefficient (Wildman–Crippen LogP) is 1.77. The van der Waals surface area contributed by atoms with Gasteiger partial charge in [-0.2, -0.15) is 5.26 Å². The van der Waals surface area contributed by atoms with Gasteiger partial charge in [-0.05, 0) is 5.56 Å². The van der Waals surface area contributed by atoms with Crippen LogP contribution in [0.5, 0.6) is 0 Å². The first kappa shape index (κ1) is 10.7. The summed E-state index contributed by atoms with van der Waals surface area (Å²) < 4.78 is 0. The zero-order valence-electron chi connectivity index (χ0n) is 9.26. The van der Waals surface area contributed by atoms with E-state index in [-0.39, 0.29) is 17.7 Å². The minimum Gasteiger partial charge on any atom is -0.341 e. The topological polar surface area (TPSA) is 44.1 Å². The van der Waals surface area contributed by atoms with E-state index in [0.29, 0.717) is 13.1 Å². The summed E-state index contributed by atoms with van der Waals surface area (Å²) in [6.45, 7) is 2.78.